The number of hydrogen-bond acceptors (Lipinski definition) is 0. The first-order valence-electron chi connectivity index (χ1n) is 27.7. The van der Waals surface area contributed by atoms with Crippen LogP contribution in [0.2, 0.25) is 0 Å². The van der Waals surface area contributed by atoms with Gasteiger partial charge in [-0.3, -0.25) is 0 Å². The van der Waals surface area contributed by atoms with Crippen molar-refractivity contribution in [3.8, 4) is 22.3 Å². The van der Waals surface area contributed by atoms with E-state index in [1.165, 1.54) is 158 Å². The summed E-state index contributed by atoms with van der Waals surface area (Å²) < 4.78 is 0. The minimum absolute atomic E-state index is 0.151. The summed E-state index contributed by atoms with van der Waals surface area (Å²) in [6.45, 7) is 21.3. The van der Waals surface area contributed by atoms with Crippen molar-refractivity contribution in [3.63, 3.8) is 0 Å². The van der Waals surface area contributed by atoms with Crippen molar-refractivity contribution in [2.24, 2.45) is 5.41 Å². The van der Waals surface area contributed by atoms with E-state index in [0.29, 0.717) is 11.3 Å². The molecular weight excluding hydrogens is 817 g/mol. The first-order chi connectivity index (χ1) is 32.9. The third kappa shape index (κ3) is 9.01. The third-order valence-electron chi connectivity index (χ3n) is 17.2. The zero-order chi connectivity index (χ0) is 47.6. The van der Waals surface area contributed by atoms with Gasteiger partial charge in [-0.25, -0.2) is 0 Å². The number of benzene rings is 6. The van der Waals surface area contributed by atoms with Crippen LogP contribution in [0.15, 0.2) is 109 Å². The molecule has 0 aliphatic heterocycles. The summed E-state index contributed by atoms with van der Waals surface area (Å²) in [4.78, 5) is 0. The van der Waals surface area contributed by atoms with Crippen molar-refractivity contribution in [3.05, 3.63) is 187 Å². The van der Waals surface area contributed by atoms with Gasteiger partial charge < -0.3 is 0 Å². The SMILES string of the molecule is CCCCCCc1cc(CCCCCC)cc(C2(CCCCCC3(c4ccc5c(c4)CC5CC(C)(C)C)c4ccccc4-c4ccccc43)c3cc(C)c(CC)cc3-c3cc(CC)c(C)cc32)c1. The minimum Gasteiger partial charge on any atom is -0.0654 e. The smallest absolute Gasteiger partial charge is 0.0464 e. The van der Waals surface area contributed by atoms with Crippen LogP contribution in [0.4, 0.5) is 0 Å². The van der Waals surface area contributed by atoms with Gasteiger partial charge in [0.1, 0.15) is 0 Å². The van der Waals surface area contributed by atoms with E-state index >= 15 is 0 Å². The van der Waals surface area contributed by atoms with Crippen LogP contribution in [0.1, 0.15) is 222 Å². The first-order valence-corrected chi connectivity index (χ1v) is 27.7. The number of unbranched alkanes of at least 4 members (excludes halogenated alkanes) is 8. The van der Waals surface area contributed by atoms with Gasteiger partial charge in [0, 0.05) is 10.8 Å². The third-order valence-corrected chi connectivity index (χ3v) is 17.2. The molecule has 0 aromatic heterocycles. The van der Waals surface area contributed by atoms with Crippen LogP contribution in [-0.4, -0.2) is 0 Å². The molecule has 68 heavy (non-hydrogen) atoms. The van der Waals surface area contributed by atoms with Gasteiger partial charge >= 0.3 is 0 Å². The largest absolute Gasteiger partial charge is 0.0654 e. The molecule has 3 aliphatic carbocycles. The van der Waals surface area contributed by atoms with E-state index in [4.69, 9.17) is 0 Å². The molecule has 9 rings (SSSR count). The van der Waals surface area contributed by atoms with E-state index < -0.39 is 0 Å². The summed E-state index contributed by atoms with van der Waals surface area (Å²) in [6.07, 6.45) is 23.2. The average molecular weight is 901 g/mol. The fourth-order valence-electron chi connectivity index (χ4n) is 13.7. The normalized spacial score (nSPS) is 15.9. The summed E-state index contributed by atoms with van der Waals surface area (Å²) in [5.41, 5.74) is 27.3. The molecule has 0 N–H and O–H groups in total. The highest BCUT2D eigenvalue weighted by atomic mass is 14.5. The first kappa shape index (κ1) is 48.3. The number of aryl methyl sites for hydroxylation is 6. The summed E-state index contributed by atoms with van der Waals surface area (Å²) in [5, 5.41) is 0. The van der Waals surface area contributed by atoms with Crippen LogP contribution in [0.25, 0.3) is 22.3 Å². The zero-order valence-electron chi connectivity index (χ0n) is 43.9. The van der Waals surface area contributed by atoms with Crippen molar-refractivity contribution in [1.82, 2.24) is 0 Å². The number of fused-ring (bicyclic) bond motifs is 7. The quantitative estimate of drug-likeness (QED) is 0.0632. The van der Waals surface area contributed by atoms with E-state index in [2.05, 4.69) is 172 Å². The van der Waals surface area contributed by atoms with Crippen molar-refractivity contribution in [1.29, 1.82) is 0 Å². The van der Waals surface area contributed by atoms with Gasteiger partial charge in [0.2, 0.25) is 0 Å². The molecule has 0 radical (unpaired) electrons. The fraction of sp³-hybridized carbons (Fsp3) is 0.471. The molecular formula is C68H84. The Balaban J connectivity index is 1.11. The Hall–Kier alpha value is -4.68. The fourth-order valence-corrected chi connectivity index (χ4v) is 13.7. The van der Waals surface area contributed by atoms with E-state index in [-0.39, 0.29) is 10.8 Å². The van der Waals surface area contributed by atoms with Crippen molar-refractivity contribution < 1.29 is 0 Å². The molecule has 0 nitrogen and oxygen atoms in total. The summed E-state index contributed by atoms with van der Waals surface area (Å²) in [7, 11) is 0. The monoisotopic (exact) mass is 901 g/mol. The molecule has 0 spiro atoms. The standard InChI is InChI=1S/C68H84/c1-10-14-16-19-27-49-39-50(28-20-17-15-11-2)41-56(40-49)68(64-37-47(5)51(12-3)44-60(64)61-45-52(13-4)48(6)38-65(61)68)36-26-18-25-35-67(55-33-34-57-53(43-55)42-54(57)46-66(7,8)9)62-31-23-21-29-58(62)59-30-22-24-32-63(59)67/h21-24,29-34,37-41,43-45,54H,10-20,25-28,35-36,42,46H2,1-9H3. The van der Waals surface area contributed by atoms with Crippen LogP contribution in [0.3, 0.4) is 0 Å². The predicted molar refractivity (Wildman–Crippen MR) is 294 cm³/mol. The molecule has 1 atom stereocenters. The summed E-state index contributed by atoms with van der Waals surface area (Å²) >= 11 is 0. The van der Waals surface area contributed by atoms with Crippen LogP contribution in [0.5, 0.6) is 0 Å². The van der Waals surface area contributed by atoms with Crippen LogP contribution >= 0.6 is 0 Å². The maximum atomic E-state index is 2.70. The molecule has 356 valence electrons. The highest BCUT2D eigenvalue weighted by Gasteiger charge is 2.47. The van der Waals surface area contributed by atoms with E-state index in [1.54, 1.807) is 38.9 Å². The molecule has 0 amide bonds. The topological polar surface area (TPSA) is 0 Å². The molecule has 6 aromatic carbocycles. The van der Waals surface area contributed by atoms with Crippen molar-refractivity contribution in [2.75, 3.05) is 0 Å². The maximum absolute atomic E-state index is 2.70. The molecule has 1 unspecified atom stereocenters. The minimum atomic E-state index is -0.189. The Bertz CT molecular complexity index is 2590. The van der Waals surface area contributed by atoms with Gasteiger partial charge in [0.25, 0.3) is 0 Å². The Kier molecular flexibility index (Phi) is 14.5. The maximum Gasteiger partial charge on any atom is 0.0464 e. The number of hydrogen-bond donors (Lipinski definition) is 0. The average Bonchev–Trinajstić information content (AvgIpc) is 3.76. The lowest BCUT2D eigenvalue weighted by molar-refractivity contribution is 0.323. The second-order valence-electron chi connectivity index (χ2n) is 23.1. The lowest BCUT2D eigenvalue weighted by atomic mass is 9.65. The Labute approximate surface area is 413 Å². The molecule has 0 saturated carbocycles. The lowest BCUT2D eigenvalue weighted by Crippen LogP contribution is -2.29. The predicted octanol–water partition coefficient (Wildman–Crippen LogP) is 19.0. The molecule has 0 bridgehead atoms. The molecule has 0 saturated heterocycles. The van der Waals surface area contributed by atoms with Gasteiger partial charge in [0.05, 0.1) is 0 Å². The number of rotatable bonds is 21. The summed E-state index contributed by atoms with van der Waals surface area (Å²) in [6, 6.07) is 45.1. The molecule has 3 aliphatic rings. The van der Waals surface area contributed by atoms with Gasteiger partial charge in [-0.2, -0.15) is 0 Å². The Morgan fingerprint density at radius 1 is 0.471 bits per heavy atom. The molecule has 0 heterocycles. The second-order valence-corrected chi connectivity index (χ2v) is 23.1. The van der Waals surface area contributed by atoms with E-state index in [1.807, 2.05) is 0 Å². The zero-order valence-corrected chi connectivity index (χ0v) is 43.9. The lowest BCUT2D eigenvalue weighted by Gasteiger charge is -2.39. The highest BCUT2D eigenvalue weighted by molar-refractivity contribution is 5.86. The van der Waals surface area contributed by atoms with Crippen molar-refractivity contribution >= 4 is 0 Å². The molecule has 0 heteroatoms. The van der Waals surface area contributed by atoms with Crippen LogP contribution in [-0.2, 0) is 42.9 Å². The van der Waals surface area contributed by atoms with Gasteiger partial charge in [-0.1, -0.05) is 215 Å². The van der Waals surface area contributed by atoms with Gasteiger partial charge in [0.15, 0.2) is 0 Å². The Morgan fingerprint density at radius 3 is 1.46 bits per heavy atom. The van der Waals surface area contributed by atoms with Gasteiger partial charge in [-0.15, -0.1) is 0 Å². The second kappa shape index (κ2) is 20.3. The molecule has 6 aromatic rings. The molecule has 0 fully saturated rings. The Morgan fingerprint density at radius 2 is 0.971 bits per heavy atom. The van der Waals surface area contributed by atoms with Crippen LogP contribution in [0, 0.1) is 19.3 Å². The van der Waals surface area contributed by atoms with E-state index in [0.717, 1.165) is 25.7 Å². The van der Waals surface area contributed by atoms with Crippen LogP contribution < -0.4 is 0 Å². The van der Waals surface area contributed by atoms with Crippen molar-refractivity contribution in [2.45, 2.75) is 201 Å². The highest BCUT2D eigenvalue weighted by Crippen LogP contribution is 2.59. The summed E-state index contributed by atoms with van der Waals surface area (Å²) in [5.74, 6) is 0.685. The van der Waals surface area contributed by atoms with E-state index in [9.17, 15) is 0 Å². The van der Waals surface area contributed by atoms with Gasteiger partial charge in [-0.05, 0) is 190 Å².